The molecule has 3 aromatic carbocycles. The number of carbonyl (C=O) groups excluding carboxylic acids is 2. The van der Waals surface area contributed by atoms with E-state index in [2.05, 4.69) is 10.7 Å². The molecule has 0 fully saturated rings. The molecule has 1 aromatic heterocycles. The third-order valence-corrected chi connectivity index (χ3v) is 6.52. The SMILES string of the molecule is O=C(c1ccccc1)C(C(=O)c1ccccc1)C(C#C[Se]c1ccccc1)c1ccco1. The van der Waals surface area contributed by atoms with Gasteiger partial charge in [-0.3, -0.25) is 0 Å². The second-order valence-electron chi connectivity index (χ2n) is 7.09. The number of hydrogen-bond acceptors (Lipinski definition) is 3. The normalized spacial score (nSPS) is 11.4. The fourth-order valence-corrected chi connectivity index (χ4v) is 4.67. The van der Waals surface area contributed by atoms with E-state index in [1.165, 1.54) is 0 Å². The van der Waals surface area contributed by atoms with E-state index in [9.17, 15) is 9.59 Å². The van der Waals surface area contributed by atoms with Gasteiger partial charge in [0.1, 0.15) is 0 Å². The van der Waals surface area contributed by atoms with Crippen LogP contribution >= 0.6 is 0 Å². The van der Waals surface area contributed by atoms with Crippen molar-refractivity contribution >= 4 is 31.0 Å². The Morgan fingerprint density at radius 1 is 0.688 bits per heavy atom. The molecule has 0 N–H and O–H groups in total. The standard InChI is InChI=1S/C28H20O3Se/c29-27(21-11-4-1-5-12-21)26(28(30)22-13-6-2-7-14-22)24(25-17-10-19-31-25)18-20-32-23-15-8-3-9-16-23/h1-17,19,24,26H. The van der Waals surface area contributed by atoms with Crippen molar-refractivity contribution in [2.45, 2.75) is 5.92 Å². The summed E-state index contributed by atoms with van der Waals surface area (Å²) in [5.74, 6) is 1.51. The number of furan rings is 1. The zero-order valence-corrected chi connectivity index (χ0v) is 18.9. The number of hydrogen-bond donors (Lipinski definition) is 0. The van der Waals surface area contributed by atoms with Crippen LogP contribution in [0.25, 0.3) is 0 Å². The van der Waals surface area contributed by atoms with Gasteiger partial charge in [0.05, 0.1) is 0 Å². The summed E-state index contributed by atoms with van der Waals surface area (Å²) in [7, 11) is 0. The van der Waals surface area contributed by atoms with Gasteiger partial charge in [0.2, 0.25) is 0 Å². The van der Waals surface area contributed by atoms with Gasteiger partial charge in [-0.15, -0.1) is 0 Å². The first-order chi connectivity index (χ1) is 15.7. The third kappa shape index (κ3) is 5.15. The van der Waals surface area contributed by atoms with Crippen LogP contribution in [-0.2, 0) is 0 Å². The molecule has 0 aliphatic heterocycles. The van der Waals surface area contributed by atoms with Gasteiger partial charge in [-0.1, -0.05) is 0 Å². The molecule has 4 aromatic rings. The van der Waals surface area contributed by atoms with Gasteiger partial charge >= 0.3 is 194 Å². The van der Waals surface area contributed by atoms with Crippen molar-refractivity contribution in [3.8, 4) is 10.7 Å². The predicted molar refractivity (Wildman–Crippen MR) is 126 cm³/mol. The third-order valence-electron chi connectivity index (χ3n) is 4.99. The summed E-state index contributed by atoms with van der Waals surface area (Å²) in [6.45, 7) is 0. The van der Waals surface area contributed by atoms with E-state index >= 15 is 0 Å². The van der Waals surface area contributed by atoms with Gasteiger partial charge < -0.3 is 0 Å². The summed E-state index contributed by atoms with van der Waals surface area (Å²) in [6.07, 6.45) is 1.55. The fourth-order valence-electron chi connectivity index (χ4n) is 3.41. The molecule has 4 heteroatoms. The van der Waals surface area contributed by atoms with Gasteiger partial charge in [0.25, 0.3) is 0 Å². The summed E-state index contributed by atoms with van der Waals surface area (Å²) in [5, 5.41) is 0. The van der Waals surface area contributed by atoms with Crippen molar-refractivity contribution in [1.29, 1.82) is 0 Å². The number of rotatable bonds is 7. The van der Waals surface area contributed by atoms with Crippen molar-refractivity contribution in [2.75, 3.05) is 0 Å². The van der Waals surface area contributed by atoms with Crippen LogP contribution in [0.5, 0.6) is 0 Å². The Bertz CT molecular complexity index is 1170. The molecule has 0 bridgehead atoms. The minimum absolute atomic E-state index is 0.109. The second-order valence-corrected chi connectivity index (χ2v) is 8.94. The monoisotopic (exact) mass is 484 g/mol. The minimum atomic E-state index is -1.01. The van der Waals surface area contributed by atoms with E-state index in [1.54, 1.807) is 66.9 Å². The molecule has 0 saturated carbocycles. The van der Waals surface area contributed by atoms with Crippen LogP contribution in [0.1, 0.15) is 32.4 Å². The zero-order valence-electron chi connectivity index (χ0n) is 17.2. The molecule has 1 atom stereocenters. The molecule has 0 aliphatic rings. The molecule has 3 nitrogen and oxygen atoms in total. The summed E-state index contributed by atoms with van der Waals surface area (Å²) >= 11 is -0.109. The topological polar surface area (TPSA) is 47.3 Å². The first-order valence-electron chi connectivity index (χ1n) is 10.2. The van der Waals surface area contributed by atoms with Gasteiger partial charge in [-0.2, -0.15) is 0 Å². The van der Waals surface area contributed by atoms with Crippen molar-refractivity contribution in [1.82, 2.24) is 0 Å². The van der Waals surface area contributed by atoms with Gasteiger partial charge in [-0.05, 0) is 0 Å². The molecular weight excluding hydrogens is 463 g/mol. The van der Waals surface area contributed by atoms with Crippen LogP contribution in [0, 0.1) is 16.7 Å². The maximum atomic E-state index is 13.6. The first-order valence-corrected chi connectivity index (χ1v) is 11.9. The molecule has 4 rings (SSSR count). The van der Waals surface area contributed by atoms with E-state index in [1.807, 2.05) is 42.5 Å². The van der Waals surface area contributed by atoms with Crippen LogP contribution in [0.4, 0.5) is 0 Å². The van der Waals surface area contributed by atoms with Crippen molar-refractivity contribution in [3.05, 3.63) is 126 Å². The van der Waals surface area contributed by atoms with Crippen molar-refractivity contribution < 1.29 is 14.0 Å². The Kier molecular flexibility index (Phi) is 7.15. The Morgan fingerprint density at radius 3 is 1.72 bits per heavy atom. The van der Waals surface area contributed by atoms with E-state index in [4.69, 9.17) is 4.42 Å². The molecule has 0 aliphatic carbocycles. The van der Waals surface area contributed by atoms with Crippen LogP contribution in [-0.4, -0.2) is 26.5 Å². The molecule has 0 saturated heterocycles. The van der Waals surface area contributed by atoms with Gasteiger partial charge in [0, 0.05) is 0 Å². The summed E-state index contributed by atoms with van der Waals surface area (Å²) < 4.78 is 6.78. The number of carbonyl (C=O) groups is 2. The van der Waals surface area contributed by atoms with Crippen molar-refractivity contribution in [3.63, 3.8) is 0 Å². The van der Waals surface area contributed by atoms with Crippen molar-refractivity contribution in [2.24, 2.45) is 5.92 Å². The number of Topliss-reactive ketones (excluding diaryl/α,β-unsaturated/α-hetero) is 2. The summed E-state index contributed by atoms with van der Waals surface area (Å²) in [5.41, 5.74) is 0.961. The molecule has 0 radical (unpaired) electrons. The fraction of sp³-hybridized carbons (Fsp3) is 0.0714. The van der Waals surface area contributed by atoms with Crippen LogP contribution in [0.2, 0.25) is 0 Å². The predicted octanol–water partition coefficient (Wildman–Crippen LogP) is 4.74. The Hall–Kier alpha value is -3.64. The van der Waals surface area contributed by atoms with Crippen LogP contribution in [0.3, 0.4) is 0 Å². The van der Waals surface area contributed by atoms with E-state index < -0.39 is 11.8 Å². The number of ketones is 2. The molecule has 0 amide bonds. The molecule has 0 spiro atoms. The summed E-state index contributed by atoms with van der Waals surface area (Å²) in [4.78, 5) is 30.4. The molecule has 156 valence electrons. The number of benzene rings is 3. The van der Waals surface area contributed by atoms with E-state index in [-0.39, 0.29) is 26.5 Å². The maximum absolute atomic E-state index is 13.6. The van der Waals surface area contributed by atoms with E-state index in [0.717, 1.165) is 4.46 Å². The van der Waals surface area contributed by atoms with Gasteiger partial charge in [0.15, 0.2) is 0 Å². The zero-order chi connectivity index (χ0) is 22.2. The molecular formula is C28H20O3Se. The van der Waals surface area contributed by atoms with E-state index in [0.29, 0.717) is 16.9 Å². The van der Waals surface area contributed by atoms with Gasteiger partial charge in [-0.25, -0.2) is 0 Å². The Morgan fingerprint density at radius 2 is 1.22 bits per heavy atom. The quantitative estimate of drug-likeness (QED) is 0.165. The summed E-state index contributed by atoms with van der Waals surface area (Å²) in [6, 6.07) is 31.3. The van der Waals surface area contributed by atoms with Crippen LogP contribution in [0.15, 0.2) is 114 Å². The molecule has 1 unspecified atom stereocenters. The Labute approximate surface area is 193 Å². The first kappa shape index (κ1) is 21.6. The van der Waals surface area contributed by atoms with Crippen LogP contribution < -0.4 is 4.46 Å². The molecule has 32 heavy (non-hydrogen) atoms. The average Bonchev–Trinajstić information content (AvgIpc) is 3.39. The Balaban J connectivity index is 1.76. The second kappa shape index (κ2) is 10.6. The average molecular weight is 483 g/mol. The molecule has 1 heterocycles.